The molecule has 1 aromatic carbocycles. The first-order valence-electron chi connectivity index (χ1n) is 12.5. The Labute approximate surface area is 206 Å². The molecular formula is C26H30F3N5S. The van der Waals surface area contributed by atoms with Gasteiger partial charge in [-0.25, -0.2) is 0 Å². The number of aliphatic imine (C=N–C) groups is 1. The zero-order valence-corrected chi connectivity index (χ0v) is 20.7. The summed E-state index contributed by atoms with van der Waals surface area (Å²) in [5.41, 5.74) is 5.44. The van der Waals surface area contributed by atoms with Crippen molar-refractivity contribution < 1.29 is 13.2 Å². The minimum absolute atomic E-state index is 0.174. The van der Waals surface area contributed by atoms with E-state index in [0.29, 0.717) is 4.88 Å². The molecule has 0 radical (unpaired) electrons. The Morgan fingerprint density at radius 2 is 1.97 bits per heavy atom. The zero-order chi connectivity index (χ0) is 24.2. The number of fused-ring (bicyclic) bond motifs is 2. The number of thiophene rings is 1. The summed E-state index contributed by atoms with van der Waals surface area (Å²) in [6, 6.07) is 6.25. The molecule has 1 aliphatic carbocycles. The van der Waals surface area contributed by atoms with E-state index >= 15 is 0 Å². The molecular weight excluding hydrogens is 471 g/mol. The van der Waals surface area contributed by atoms with Crippen molar-refractivity contribution in [3.63, 3.8) is 0 Å². The summed E-state index contributed by atoms with van der Waals surface area (Å²) in [6.45, 7) is 5.02. The van der Waals surface area contributed by atoms with Crippen molar-refractivity contribution in [3.05, 3.63) is 46.0 Å². The summed E-state index contributed by atoms with van der Waals surface area (Å²) in [7, 11) is 0. The van der Waals surface area contributed by atoms with Crippen LogP contribution in [0.4, 0.5) is 18.2 Å². The molecule has 2 aromatic heterocycles. The van der Waals surface area contributed by atoms with Crippen molar-refractivity contribution in [1.29, 1.82) is 0 Å². The Balaban J connectivity index is 1.18. The number of likely N-dealkylation sites (tertiary alicyclic amines) is 1. The second-order valence-electron chi connectivity index (χ2n) is 10.3. The first-order chi connectivity index (χ1) is 16.8. The van der Waals surface area contributed by atoms with Gasteiger partial charge in [-0.15, -0.1) is 11.3 Å². The fourth-order valence-electron chi connectivity index (χ4n) is 6.07. The predicted octanol–water partition coefficient (Wildman–Crippen LogP) is 6.23. The molecule has 0 atom stereocenters. The number of halogens is 3. The molecule has 0 unspecified atom stereocenters. The Morgan fingerprint density at radius 1 is 1.20 bits per heavy atom. The van der Waals surface area contributed by atoms with Gasteiger partial charge in [0.2, 0.25) is 0 Å². The maximum atomic E-state index is 13.0. The lowest BCUT2D eigenvalue weighted by molar-refractivity contribution is -0.126. The molecule has 1 saturated carbocycles. The van der Waals surface area contributed by atoms with E-state index in [4.69, 9.17) is 4.99 Å². The van der Waals surface area contributed by atoms with Gasteiger partial charge < -0.3 is 5.32 Å². The first kappa shape index (κ1) is 23.0. The number of hydrogen-bond donors (Lipinski definition) is 2. The van der Waals surface area contributed by atoms with Gasteiger partial charge in [-0.3, -0.25) is 15.0 Å². The average Bonchev–Trinajstić information content (AvgIpc) is 3.58. The van der Waals surface area contributed by atoms with Crippen LogP contribution < -0.4 is 5.32 Å². The van der Waals surface area contributed by atoms with Crippen molar-refractivity contribution in [1.82, 2.24) is 15.1 Å². The van der Waals surface area contributed by atoms with E-state index in [1.165, 1.54) is 27.8 Å². The molecule has 1 saturated heterocycles. The smallest absolute Gasteiger partial charge is 0.365 e. The third kappa shape index (κ3) is 4.37. The summed E-state index contributed by atoms with van der Waals surface area (Å²) in [4.78, 5) is 8.11. The summed E-state index contributed by atoms with van der Waals surface area (Å²) in [5.74, 6) is 0. The summed E-state index contributed by atoms with van der Waals surface area (Å²) in [6.07, 6.45) is 3.08. The van der Waals surface area contributed by atoms with Crippen LogP contribution in [0.1, 0.15) is 60.1 Å². The highest BCUT2D eigenvalue weighted by molar-refractivity contribution is 7.16. The zero-order valence-electron chi connectivity index (χ0n) is 19.8. The van der Waals surface area contributed by atoms with Crippen molar-refractivity contribution in [2.75, 3.05) is 18.4 Å². The second-order valence-corrected chi connectivity index (χ2v) is 11.5. The fraction of sp³-hybridized carbons (Fsp3) is 0.538. The number of anilines is 1. The minimum atomic E-state index is -4.19. The maximum absolute atomic E-state index is 13.0. The molecule has 9 heteroatoms. The molecule has 3 aliphatic rings. The van der Waals surface area contributed by atoms with Gasteiger partial charge in [-0.2, -0.15) is 18.3 Å². The lowest BCUT2D eigenvalue weighted by atomic mass is 9.90. The number of nitrogens with zero attached hydrogens (tertiary/aromatic N) is 3. The number of hydrogen-bond acceptors (Lipinski definition) is 5. The third-order valence-electron chi connectivity index (χ3n) is 7.94. The molecule has 0 amide bonds. The molecule has 186 valence electrons. The Morgan fingerprint density at radius 3 is 2.71 bits per heavy atom. The number of nitrogens with one attached hydrogen (secondary N) is 2. The lowest BCUT2D eigenvalue weighted by Gasteiger charge is -2.32. The third-order valence-corrected chi connectivity index (χ3v) is 8.99. The summed E-state index contributed by atoms with van der Waals surface area (Å²) >= 11 is 1.25. The normalized spacial score (nSPS) is 21.9. The minimum Gasteiger partial charge on any atom is -0.365 e. The number of piperidine rings is 1. The van der Waals surface area contributed by atoms with E-state index in [0.717, 1.165) is 80.0 Å². The van der Waals surface area contributed by atoms with Crippen LogP contribution in [0.15, 0.2) is 29.4 Å². The Kier molecular flexibility index (Phi) is 5.67. The molecule has 4 heterocycles. The molecule has 5 nitrogen and oxygen atoms in total. The van der Waals surface area contributed by atoms with Crippen LogP contribution >= 0.6 is 11.3 Å². The van der Waals surface area contributed by atoms with Gasteiger partial charge in [0, 0.05) is 35.5 Å². The number of aromatic nitrogens is 2. The number of aromatic amines is 1. The van der Waals surface area contributed by atoms with Crippen molar-refractivity contribution in [2.45, 2.75) is 76.2 Å². The Bertz CT molecular complexity index is 1260. The van der Waals surface area contributed by atoms with E-state index in [1.807, 2.05) is 6.20 Å². The molecule has 35 heavy (non-hydrogen) atoms. The number of benzene rings is 1. The molecule has 2 aliphatic heterocycles. The number of aryl methyl sites for hydroxylation is 1. The molecule has 6 rings (SSSR count). The lowest BCUT2D eigenvalue weighted by Crippen LogP contribution is -2.41. The van der Waals surface area contributed by atoms with E-state index in [9.17, 15) is 13.2 Å². The monoisotopic (exact) mass is 501 g/mol. The van der Waals surface area contributed by atoms with Crippen molar-refractivity contribution in [3.8, 4) is 0 Å². The van der Waals surface area contributed by atoms with Crippen LogP contribution in [0.5, 0.6) is 0 Å². The van der Waals surface area contributed by atoms with E-state index in [2.05, 4.69) is 39.5 Å². The standard InChI is InChI=1S/C26H30F3N5S/c1-16-17(4-5-22-21(16)14-30-33-22)15-34-10-6-18(7-11-34)31-23-20-12-19(13-26(27,28)29)35-24(20)32-25(23)8-2-3-9-25/h4-5,12,14,18,32H,2-3,6-11,13,15H2,1H3,(H,30,33). The highest BCUT2D eigenvalue weighted by atomic mass is 32.1. The van der Waals surface area contributed by atoms with Crippen molar-refractivity contribution >= 4 is 33.0 Å². The molecule has 2 N–H and O–H groups in total. The topological polar surface area (TPSA) is 56.3 Å². The van der Waals surface area contributed by atoms with Crippen LogP contribution in [0.25, 0.3) is 10.9 Å². The number of H-pyrrole nitrogens is 1. The second kappa shape index (κ2) is 8.62. The maximum Gasteiger partial charge on any atom is 0.393 e. The van der Waals surface area contributed by atoms with Crippen LogP contribution in [-0.2, 0) is 13.0 Å². The van der Waals surface area contributed by atoms with Crippen LogP contribution in [0, 0.1) is 6.92 Å². The largest absolute Gasteiger partial charge is 0.393 e. The van der Waals surface area contributed by atoms with Crippen LogP contribution in [0.3, 0.4) is 0 Å². The fourth-order valence-corrected chi connectivity index (χ4v) is 7.26. The van der Waals surface area contributed by atoms with Gasteiger partial charge in [0.1, 0.15) is 0 Å². The summed E-state index contributed by atoms with van der Waals surface area (Å²) in [5, 5.41) is 12.9. The van der Waals surface area contributed by atoms with Gasteiger partial charge in [-0.05, 0) is 55.9 Å². The predicted molar refractivity (Wildman–Crippen MR) is 135 cm³/mol. The average molecular weight is 502 g/mol. The quantitative estimate of drug-likeness (QED) is 0.446. The van der Waals surface area contributed by atoms with Gasteiger partial charge in [0.25, 0.3) is 0 Å². The molecule has 1 spiro atoms. The first-order valence-corrected chi connectivity index (χ1v) is 13.3. The summed E-state index contributed by atoms with van der Waals surface area (Å²) < 4.78 is 39.0. The number of rotatable bonds is 4. The molecule has 3 aromatic rings. The van der Waals surface area contributed by atoms with E-state index < -0.39 is 12.6 Å². The number of alkyl halides is 3. The van der Waals surface area contributed by atoms with Crippen LogP contribution in [0.2, 0.25) is 0 Å². The highest BCUT2D eigenvalue weighted by Gasteiger charge is 2.47. The van der Waals surface area contributed by atoms with E-state index in [1.54, 1.807) is 6.07 Å². The van der Waals surface area contributed by atoms with Gasteiger partial charge >= 0.3 is 6.18 Å². The van der Waals surface area contributed by atoms with Crippen molar-refractivity contribution in [2.24, 2.45) is 4.99 Å². The molecule has 2 fully saturated rings. The Hall–Kier alpha value is -2.39. The highest BCUT2D eigenvalue weighted by Crippen LogP contribution is 2.48. The van der Waals surface area contributed by atoms with Gasteiger partial charge in [-0.1, -0.05) is 18.9 Å². The van der Waals surface area contributed by atoms with E-state index in [-0.39, 0.29) is 11.6 Å². The van der Waals surface area contributed by atoms with Gasteiger partial charge in [0.05, 0.1) is 40.4 Å². The van der Waals surface area contributed by atoms with Gasteiger partial charge in [0.15, 0.2) is 0 Å². The SMILES string of the molecule is Cc1c(CN2CCC(N=C3c4cc(CC(F)(F)F)sc4NC34CCCC4)CC2)ccc2[nH]ncc12. The molecule has 0 bridgehead atoms. The van der Waals surface area contributed by atoms with Crippen LogP contribution in [-0.4, -0.2) is 51.7 Å².